The minimum atomic E-state index is 0.337. The number of aromatic nitrogens is 2. The molecule has 0 aliphatic carbocycles. The maximum Gasteiger partial charge on any atom is 0.233 e. The molecule has 0 aliphatic heterocycles. The molecule has 18 heavy (non-hydrogen) atoms. The Bertz CT molecular complexity index is 470. The molecule has 3 N–H and O–H groups in total. The highest BCUT2D eigenvalue weighted by molar-refractivity contribution is 7.09. The quantitative estimate of drug-likeness (QED) is 0.781. The van der Waals surface area contributed by atoms with E-state index in [4.69, 9.17) is 5.73 Å². The van der Waals surface area contributed by atoms with Crippen LogP contribution in [0.4, 0.5) is 16.8 Å². The van der Waals surface area contributed by atoms with Gasteiger partial charge in [-0.15, -0.1) is 0 Å². The Balaban J connectivity index is 1.69. The predicted octanol–water partition coefficient (Wildman–Crippen LogP) is 2.06. The molecule has 2 aromatic rings. The fraction of sp³-hybridized carbons (Fsp3) is 0.333. The molecule has 0 amide bonds. The van der Waals surface area contributed by atoms with E-state index < -0.39 is 0 Å². The van der Waals surface area contributed by atoms with Crippen molar-refractivity contribution in [2.24, 2.45) is 0 Å². The first-order chi connectivity index (χ1) is 8.75. The number of nitrogen functional groups attached to an aromatic ring is 1. The minimum Gasteiger partial charge on any atom is -0.375 e. The summed E-state index contributed by atoms with van der Waals surface area (Å²) in [5, 5.41) is 4.00. The molecule has 0 aliphatic rings. The fourth-order valence-electron chi connectivity index (χ4n) is 1.63. The van der Waals surface area contributed by atoms with Gasteiger partial charge in [0.25, 0.3) is 0 Å². The van der Waals surface area contributed by atoms with Crippen LogP contribution in [-0.4, -0.2) is 29.5 Å². The maximum absolute atomic E-state index is 5.45. The normalized spacial score (nSPS) is 10.3. The number of nitrogens with one attached hydrogen (secondary N) is 1. The minimum absolute atomic E-state index is 0.337. The molecule has 1 heterocycles. The molecule has 0 saturated carbocycles. The van der Waals surface area contributed by atoms with Crippen LogP contribution < -0.4 is 16.0 Å². The van der Waals surface area contributed by atoms with E-state index in [1.54, 1.807) is 0 Å². The van der Waals surface area contributed by atoms with Gasteiger partial charge in [-0.1, -0.05) is 18.2 Å². The van der Waals surface area contributed by atoms with Crippen LogP contribution in [0.25, 0.3) is 0 Å². The summed E-state index contributed by atoms with van der Waals surface area (Å²) in [7, 11) is 2.10. The zero-order valence-electron chi connectivity index (χ0n) is 10.3. The van der Waals surface area contributed by atoms with Crippen molar-refractivity contribution in [3.63, 3.8) is 0 Å². The molecular weight excluding hydrogens is 246 g/mol. The fourth-order valence-corrected chi connectivity index (χ4v) is 2.15. The van der Waals surface area contributed by atoms with Gasteiger partial charge in [0.15, 0.2) is 0 Å². The van der Waals surface area contributed by atoms with Crippen LogP contribution in [0.2, 0.25) is 0 Å². The zero-order chi connectivity index (χ0) is 12.8. The van der Waals surface area contributed by atoms with E-state index in [2.05, 4.69) is 38.8 Å². The first-order valence-corrected chi connectivity index (χ1v) is 6.62. The van der Waals surface area contributed by atoms with E-state index in [-0.39, 0.29) is 0 Å². The summed E-state index contributed by atoms with van der Waals surface area (Å²) in [5.74, 6) is 0.337. The monoisotopic (exact) mass is 263 g/mol. The Hall–Kier alpha value is -1.82. The number of para-hydroxylation sites is 1. The van der Waals surface area contributed by atoms with Gasteiger partial charge in [0.1, 0.15) is 0 Å². The number of hydrogen-bond donors (Lipinski definition) is 2. The van der Waals surface area contributed by atoms with Crippen LogP contribution in [0.1, 0.15) is 6.42 Å². The maximum atomic E-state index is 5.45. The van der Waals surface area contributed by atoms with Crippen molar-refractivity contribution in [3.8, 4) is 0 Å². The first-order valence-electron chi connectivity index (χ1n) is 5.85. The summed E-state index contributed by atoms with van der Waals surface area (Å²) in [6.45, 7) is 1.86. The van der Waals surface area contributed by atoms with Gasteiger partial charge in [-0.2, -0.15) is 9.36 Å². The molecule has 1 aromatic carbocycles. The van der Waals surface area contributed by atoms with Crippen molar-refractivity contribution >= 4 is 28.3 Å². The predicted molar refractivity (Wildman–Crippen MR) is 77.1 cm³/mol. The smallest absolute Gasteiger partial charge is 0.233 e. The number of nitrogens with two attached hydrogens (primary N) is 1. The van der Waals surface area contributed by atoms with Gasteiger partial charge in [0.05, 0.1) is 0 Å². The summed E-state index contributed by atoms with van der Waals surface area (Å²) in [5.41, 5.74) is 6.68. The van der Waals surface area contributed by atoms with Gasteiger partial charge in [0.2, 0.25) is 11.1 Å². The van der Waals surface area contributed by atoms with Crippen molar-refractivity contribution in [1.29, 1.82) is 0 Å². The molecule has 96 valence electrons. The molecule has 6 heteroatoms. The van der Waals surface area contributed by atoms with Crippen molar-refractivity contribution in [3.05, 3.63) is 30.3 Å². The first kappa shape index (κ1) is 12.6. The van der Waals surface area contributed by atoms with Gasteiger partial charge in [-0.3, -0.25) is 0 Å². The second-order valence-corrected chi connectivity index (χ2v) is 4.75. The van der Waals surface area contributed by atoms with Gasteiger partial charge in [0, 0.05) is 37.4 Å². The van der Waals surface area contributed by atoms with Crippen LogP contribution in [0.3, 0.4) is 0 Å². The molecular formula is C12H17N5S. The van der Waals surface area contributed by atoms with E-state index in [9.17, 15) is 0 Å². The van der Waals surface area contributed by atoms with Crippen LogP contribution in [0.5, 0.6) is 0 Å². The second kappa shape index (κ2) is 6.20. The Morgan fingerprint density at radius 3 is 2.78 bits per heavy atom. The second-order valence-electron chi connectivity index (χ2n) is 4.00. The molecule has 0 fully saturated rings. The summed E-state index contributed by atoms with van der Waals surface area (Å²) < 4.78 is 3.91. The number of anilines is 3. The number of benzene rings is 1. The van der Waals surface area contributed by atoms with Crippen molar-refractivity contribution in [2.45, 2.75) is 6.42 Å². The van der Waals surface area contributed by atoms with Crippen LogP contribution in [0, 0.1) is 0 Å². The number of hydrogen-bond acceptors (Lipinski definition) is 6. The van der Waals surface area contributed by atoms with Crippen LogP contribution >= 0.6 is 11.5 Å². The van der Waals surface area contributed by atoms with Crippen LogP contribution in [0.15, 0.2) is 30.3 Å². The average Bonchev–Trinajstić information content (AvgIpc) is 2.81. The van der Waals surface area contributed by atoms with E-state index in [0.29, 0.717) is 5.95 Å². The Labute approximate surface area is 111 Å². The largest absolute Gasteiger partial charge is 0.375 e. The Kier molecular flexibility index (Phi) is 4.35. The molecule has 1 aromatic heterocycles. The highest BCUT2D eigenvalue weighted by Gasteiger charge is 2.01. The van der Waals surface area contributed by atoms with Crippen LogP contribution in [-0.2, 0) is 0 Å². The van der Waals surface area contributed by atoms with Crippen molar-refractivity contribution < 1.29 is 0 Å². The molecule has 0 atom stereocenters. The molecule has 0 radical (unpaired) electrons. The zero-order valence-corrected chi connectivity index (χ0v) is 11.2. The molecule has 0 unspecified atom stereocenters. The third-order valence-electron chi connectivity index (χ3n) is 2.59. The van der Waals surface area contributed by atoms with Gasteiger partial charge in [-0.05, 0) is 18.6 Å². The van der Waals surface area contributed by atoms with E-state index in [1.807, 2.05) is 18.2 Å². The SMILES string of the molecule is CN(CCCNc1nc(N)ns1)c1ccccc1. The lowest BCUT2D eigenvalue weighted by Gasteiger charge is -2.18. The lowest BCUT2D eigenvalue weighted by atomic mass is 10.3. The number of rotatable bonds is 6. The third-order valence-corrected chi connectivity index (χ3v) is 3.27. The Morgan fingerprint density at radius 1 is 1.33 bits per heavy atom. The topological polar surface area (TPSA) is 67.1 Å². The molecule has 0 bridgehead atoms. The summed E-state index contributed by atoms with van der Waals surface area (Å²) in [4.78, 5) is 6.28. The number of nitrogens with zero attached hydrogens (tertiary/aromatic N) is 3. The molecule has 2 rings (SSSR count). The highest BCUT2D eigenvalue weighted by Crippen LogP contribution is 2.13. The standard InChI is InChI=1S/C12H17N5S/c1-17(10-6-3-2-4-7-10)9-5-8-14-12-15-11(13)16-18-12/h2-4,6-7H,5,8-9H2,1H3,(H3,13,14,15,16). The average molecular weight is 263 g/mol. The molecule has 0 saturated heterocycles. The van der Waals surface area contributed by atoms with Crippen molar-refractivity contribution in [2.75, 3.05) is 36.1 Å². The summed E-state index contributed by atoms with van der Waals surface area (Å²) >= 11 is 1.29. The summed E-state index contributed by atoms with van der Waals surface area (Å²) in [6, 6.07) is 10.3. The molecule has 0 spiro atoms. The Morgan fingerprint density at radius 2 is 2.11 bits per heavy atom. The summed E-state index contributed by atoms with van der Waals surface area (Å²) in [6.07, 6.45) is 1.03. The highest BCUT2D eigenvalue weighted by atomic mass is 32.1. The lowest BCUT2D eigenvalue weighted by molar-refractivity contribution is 0.816. The van der Waals surface area contributed by atoms with E-state index >= 15 is 0 Å². The van der Waals surface area contributed by atoms with E-state index in [1.165, 1.54) is 17.2 Å². The van der Waals surface area contributed by atoms with Gasteiger partial charge < -0.3 is 16.0 Å². The molecule has 5 nitrogen and oxygen atoms in total. The van der Waals surface area contributed by atoms with E-state index in [0.717, 1.165) is 24.6 Å². The lowest BCUT2D eigenvalue weighted by Crippen LogP contribution is -2.20. The van der Waals surface area contributed by atoms with Gasteiger partial charge in [-0.25, -0.2) is 0 Å². The van der Waals surface area contributed by atoms with Gasteiger partial charge >= 0.3 is 0 Å². The van der Waals surface area contributed by atoms with Crippen molar-refractivity contribution in [1.82, 2.24) is 9.36 Å². The third kappa shape index (κ3) is 3.59.